The lowest BCUT2D eigenvalue weighted by Gasteiger charge is -2.23. The molecule has 0 radical (unpaired) electrons. The molecule has 146 valence electrons. The van der Waals surface area contributed by atoms with Gasteiger partial charge in [-0.1, -0.05) is 19.4 Å². The molecule has 4 rings (SSSR count). The van der Waals surface area contributed by atoms with Crippen molar-refractivity contribution >= 4 is 16.9 Å². The quantitative estimate of drug-likeness (QED) is 0.738. The molecule has 0 aliphatic carbocycles. The van der Waals surface area contributed by atoms with E-state index in [1.807, 2.05) is 24.0 Å². The van der Waals surface area contributed by atoms with Crippen LogP contribution in [0.5, 0.6) is 0 Å². The maximum atomic E-state index is 13.1. The van der Waals surface area contributed by atoms with Gasteiger partial charge in [0.1, 0.15) is 11.5 Å². The zero-order chi connectivity index (χ0) is 19.7. The van der Waals surface area contributed by atoms with Gasteiger partial charge in [-0.15, -0.1) is 0 Å². The Bertz CT molecular complexity index is 1070. The van der Waals surface area contributed by atoms with Gasteiger partial charge in [0.25, 0.3) is 11.5 Å². The van der Waals surface area contributed by atoms with Crippen LogP contribution in [-0.2, 0) is 6.54 Å². The molecule has 0 spiro atoms. The Balaban J connectivity index is 1.62. The number of hydrogen-bond acceptors (Lipinski definition) is 4. The molecule has 0 unspecified atom stereocenters. The number of nitrogens with one attached hydrogen (secondary N) is 1. The van der Waals surface area contributed by atoms with Gasteiger partial charge in [-0.3, -0.25) is 9.59 Å². The van der Waals surface area contributed by atoms with Crippen molar-refractivity contribution in [1.82, 2.24) is 24.6 Å². The number of aryl methyl sites for hydroxylation is 2. The van der Waals surface area contributed by atoms with Crippen molar-refractivity contribution in [2.75, 3.05) is 6.54 Å². The number of likely N-dealkylation sites (tertiary alicyclic amines) is 1. The van der Waals surface area contributed by atoms with E-state index in [0.717, 1.165) is 42.5 Å². The predicted octanol–water partition coefficient (Wildman–Crippen LogP) is 3.21. The topological polar surface area (TPSA) is 83.9 Å². The number of rotatable bonds is 5. The van der Waals surface area contributed by atoms with E-state index in [1.165, 1.54) is 22.4 Å². The van der Waals surface area contributed by atoms with Gasteiger partial charge in [0.15, 0.2) is 0 Å². The lowest BCUT2D eigenvalue weighted by atomic mass is 10.2. The first-order valence-electron chi connectivity index (χ1n) is 9.92. The molecule has 2 aromatic heterocycles. The third kappa shape index (κ3) is 3.44. The van der Waals surface area contributed by atoms with Crippen LogP contribution < -0.4 is 5.56 Å². The van der Waals surface area contributed by atoms with Gasteiger partial charge in [-0.2, -0.15) is 5.10 Å². The lowest BCUT2D eigenvalue weighted by Crippen LogP contribution is -2.34. The number of aromatic amines is 1. The molecule has 3 heterocycles. The van der Waals surface area contributed by atoms with Gasteiger partial charge in [-0.05, 0) is 49.9 Å². The maximum Gasteiger partial charge on any atom is 0.274 e. The molecule has 1 fully saturated rings. The van der Waals surface area contributed by atoms with Crippen molar-refractivity contribution in [2.24, 2.45) is 0 Å². The van der Waals surface area contributed by atoms with Gasteiger partial charge < -0.3 is 9.88 Å². The van der Waals surface area contributed by atoms with Crippen LogP contribution in [0.3, 0.4) is 0 Å². The van der Waals surface area contributed by atoms with Crippen LogP contribution in [0, 0.1) is 6.92 Å². The molecule has 0 bridgehead atoms. The van der Waals surface area contributed by atoms with Gasteiger partial charge in [0.05, 0.1) is 17.1 Å². The first kappa shape index (κ1) is 18.4. The van der Waals surface area contributed by atoms with Crippen molar-refractivity contribution in [2.45, 2.75) is 52.1 Å². The standard InChI is InChI=1S/C21H25N5O2/c1-3-4-12-26-19(27)10-9-16(24-26)21(28)25-11-5-6-18(25)20-22-15-8-7-14(2)13-17(15)23-20/h7-10,13,18H,3-6,11-12H2,1-2H3,(H,22,23)/t18-/m1/s1. The molecule has 7 nitrogen and oxygen atoms in total. The number of carbonyl (C=O) groups is 1. The van der Waals surface area contributed by atoms with E-state index < -0.39 is 0 Å². The first-order valence-corrected chi connectivity index (χ1v) is 9.92. The van der Waals surface area contributed by atoms with Gasteiger partial charge in [0, 0.05) is 19.2 Å². The summed E-state index contributed by atoms with van der Waals surface area (Å²) < 4.78 is 1.39. The molecule has 1 atom stereocenters. The number of unbranched alkanes of at least 4 members (excludes halogenated alkanes) is 1. The van der Waals surface area contributed by atoms with Crippen LogP contribution in [0.2, 0.25) is 0 Å². The number of H-pyrrole nitrogens is 1. The van der Waals surface area contributed by atoms with E-state index >= 15 is 0 Å². The smallest absolute Gasteiger partial charge is 0.274 e. The minimum atomic E-state index is -0.171. The van der Waals surface area contributed by atoms with E-state index in [1.54, 1.807) is 0 Å². The largest absolute Gasteiger partial charge is 0.340 e. The Morgan fingerprint density at radius 1 is 1.29 bits per heavy atom. The van der Waals surface area contributed by atoms with Crippen molar-refractivity contribution < 1.29 is 4.79 Å². The van der Waals surface area contributed by atoms with Crippen LogP contribution in [0.25, 0.3) is 11.0 Å². The highest BCUT2D eigenvalue weighted by Gasteiger charge is 2.33. The second kappa shape index (κ2) is 7.58. The summed E-state index contributed by atoms with van der Waals surface area (Å²) in [5, 5.41) is 4.32. The van der Waals surface area contributed by atoms with Crippen molar-refractivity contribution in [1.29, 1.82) is 0 Å². The maximum absolute atomic E-state index is 13.1. The van der Waals surface area contributed by atoms with Crippen molar-refractivity contribution in [3.05, 3.63) is 57.8 Å². The number of fused-ring (bicyclic) bond motifs is 1. The SMILES string of the molecule is CCCCn1nc(C(=O)N2CCC[C@@H]2c2nc3ccc(C)cc3[nH]2)ccc1=O. The molecule has 1 N–H and O–H groups in total. The highest BCUT2D eigenvalue weighted by Crippen LogP contribution is 2.32. The molecular formula is C21H25N5O2. The third-order valence-corrected chi connectivity index (χ3v) is 5.29. The van der Waals surface area contributed by atoms with Crippen molar-refractivity contribution in [3.8, 4) is 0 Å². The molecule has 1 aromatic carbocycles. The van der Waals surface area contributed by atoms with Crippen molar-refractivity contribution in [3.63, 3.8) is 0 Å². The molecule has 1 amide bonds. The number of nitrogens with zero attached hydrogens (tertiary/aromatic N) is 4. The predicted molar refractivity (Wildman–Crippen MR) is 107 cm³/mol. The second-order valence-electron chi connectivity index (χ2n) is 7.43. The number of hydrogen-bond donors (Lipinski definition) is 1. The third-order valence-electron chi connectivity index (χ3n) is 5.29. The molecule has 3 aromatic rings. The minimum Gasteiger partial charge on any atom is -0.340 e. The monoisotopic (exact) mass is 379 g/mol. The minimum absolute atomic E-state index is 0.0991. The average Bonchev–Trinajstić information content (AvgIpc) is 3.33. The number of carbonyl (C=O) groups excluding carboxylic acids is 1. The zero-order valence-electron chi connectivity index (χ0n) is 16.3. The fourth-order valence-corrected chi connectivity index (χ4v) is 3.77. The summed E-state index contributed by atoms with van der Waals surface area (Å²) >= 11 is 0. The van der Waals surface area contributed by atoms with E-state index in [4.69, 9.17) is 4.98 Å². The zero-order valence-corrected chi connectivity index (χ0v) is 16.3. The fourth-order valence-electron chi connectivity index (χ4n) is 3.77. The van der Waals surface area contributed by atoms with E-state index in [2.05, 4.69) is 23.1 Å². The highest BCUT2D eigenvalue weighted by molar-refractivity contribution is 5.92. The molecule has 1 saturated heterocycles. The summed E-state index contributed by atoms with van der Waals surface area (Å²) in [4.78, 5) is 35.1. The second-order valence-corrected chi connectivity index (χ2v) is 7.43. The Hall–Kier alpha value is -2.96. The van der Waals surface area contributed by atoms with E-state index in [0.29, 0.717) is 18.8 Å². The van der Waals surface area contributed by atoms with E-state index in [-0.39, 0.29) is 17.5 Å². The summed E-state index contributed by atoms with van der Waals surface area (Å²) in [6.45, 7) is 5.30. The summed E-state index contributed by atoms with van der Waals surface area (Å²) in [5.41, 5.74) is 3.21. The van der Waals surface area contributed by atoms with Gasteiger partial charge >= 0.3 is 0 Å². The van der Waals surface area contributed by atoms with Crippen LogP contribution in [0.15, 0.2) is 35.1 Å². The Labute approximate surface area is 163 Å². The normalized spacial score (nSPS) is 16.8. The molecule has 1 aliphatic heterocycles. The van der Waals surface area contributed by atoms with Gasteiger partial charge in [-0.25, -0.2) is 9.67 Å². The summed E-state index contributed by atoms with van der Waals surface area (Å²) in [7, 11) is 0. The molecule has 1 aliphatic rings. The molecular weight excluding hydrogens is 354 g/mol. The summed E-state index contributed by atoms with van der Waals surface area (Å²) in [6, 6.07) is 8.97. The Kier molecular flexibility index (Phi) is 4.98. The molecule has 7 heteroatoms. The van der Waals surface area contributed by atoms with Crippen LogP contribution >= 0.6 is 0 Å². The summed E-state index contributed by atoms with van der Waals surface area (Å²) in [6.07, 6.45) is 3.60. The first-order chi connectivity index (χ1) is 13.6. The number of amides is 1. The fraction of sp³-hybridized carbons (Fsp3) is 0.429. The van der Waals surface area contributed by atoms with Gasteiger partial charge in [0.2, 0.25) is 0 Å². The van der Waals surface area contributed by atoms with E-state index in [9.17, 15) is 9.59 Å². The Morgan fingerprint density at radius 2 is 2.14 bits per heavy atom. The van der Waals surface area contributed by atoms with Crippen LogP contribution in [0.4, 0.5) is 0 Å². The number of benzene rings is 1. The molecule has 0 saturated carbocycles. The summed E-state index contributed by atoms with van der Waals surface area (Å²) in [5.74, 6) is 0.662. The lowest BCUT2D eigenvalue weighted by molar-refractivity contribution is 0.0721. The molecule has 28 heavy (non-hydrogen) atoms. The Morgan fingerprint density at radius 3 is 2.96 bits per heavy atom. The van der Waals surface area contributed by atoms with Crippen LogP contribution in [-0.4, -0.2) is 37.1 Å². The highest BCUT2D eigenvalue weighted by atomic mass is 16.2. The van der Waals surface area contributed by atoms with Crippen LogP contribution in [0.1, 0.15) is 60.5 Å². The average molecular weight is 379 g/mol. The number of imidazole rings is 1. The number of aromatic nitrogens is 4.